The number of anilines is 1. The number of aromatic nitrogens is 2. The van der Waals surface area contributed by atoms with Crippen molar-refractivity contribution in [1.82, 2.24) is 9.55 Å². The molecule has 0 saturated heterocycles. The minimum absolute atomic E-state index is 0.0943. The smallest absolute Gasteiger partial charge is 0.261 e. The molecule has 0 fully saturated rings. The zero-order chi connectivity index (χ0) is 19.3. The molecule has 2 aromatic carbocycles. The molecule has 0 atom stereocenters. The molecule has 138 valence electrons. The SMILES string of the molecule is N#CCc1ccc(NCc2nc3ccccc3c(=O)n2Cc2ccco2)cc1. The molecule has 28 heavy (non-hydrogen) atoms. The van der Waals surface area contributed by atoms with Crippen molar-refractivity contribution in [2.75, 3.05) is 5.32 Å². The van der Waals surface area contributed by atoms with E-state index >= 15 is 0 Å². The zero-order valence-corrected chi connectivity index (χ0v) is 15.1. The van der Waals surface area contributed by atoms with Gasteiger partial charge in [-0.3, -0.25) is 9.36 Å². The Kier molecular flexibility index (Phi) is 4.89. The Morgan fingerprint density at radius 1 is 1.07 bits per heavy atom. The van der Waals surface area contributed by atoms with E-state index in [1.165, 1.54) is 0 Å². The van der Waals surface area contributed by atoms with Gasteiger partial charge in [-0.05, 0) is 42.0 Å². The van der Waals surface area contributed by atoms with Gasteiger partial charge < -0.3 is 9.73 Å². The Bertz CT molecular complexity index is 1190. The van der Waals surface area contributed by atoms with Crippen molar-refractivity contribution < 1.29 is 4.42 Å². The number of nitrogens with one attached hydrogen (secondary N) is 1. The molecule has 0 bridgehead atoms. The third kappa shape index (κ3) is 3.64. The second-order valence-corrected chi connectivity index (χ2v) is 6.40. The molecule has 4 aromatic rings. The minimum atomic E-state index is -0.0943. The van der Waals surface area contributed by atoms with Crippen molar-refractivity contribution in [2.45, 2.75) is 19.5 Å². The van der Waals surface area contributed by atoms with Crippen LogP contribution < -0.4 is 10.9 Å². The van der Waals surface area contributed by atoms with Crippen LogP contribution >= 0.6 is 0 Å². The van der Waals surface area contributed by atoms with Crippen molar-refractivity contribution in [2.24, 2.45) is 0 Å². The zero-order valence-electron chi connectivity index (χ0n) is 15.1. The van der Waals surface area contributed by atoms with E-state index in [0.717, 1.165) is 11.3 Å². The van der Waals surface area contributed by atoms with Crippen molar-refractivity contribution in [3.63, 3.8) is 0 Å². The van der Waals surface area contributed by atoms with Gasteiger partial charge in [-0.15, -0.1) is 0 Å². The van der Waals surface area contributed by atoms with Crippen LogP contribution in [0.25, 0.3) is 10.9 Å². The number of para-hydroxylation sites is 1. The molecular formula is C22H18N4O2. The standard InChI is InChI=1S/C22H18N4O2/c23-12-11-16-7-9-17(10-8-16)24-14-21-25-20-6-2-1-5-19(20)22(27)26(21)15-18-4-3-13-28-18/h1-10,13,24H,11,14-15H2. The minimum Gasteiger partial charge on any atom is -0.467 e. The monoisotopic (exact) mass is 370 g/mol. The van der Waals surface area contributed by atoms with Crippen LogP contribution in [0.2, 0.25) is 0 Å². The number of hydrogen-bond donors (Lipinski definition) is 1. The number of furan rings is 1. The molecule has 2 aromatic heterocycles. The molecule has 0 unspecified atom stereocenters. The van der Waals surface area contributed by atoms with E-state index in [4.69, 9.17) is 14.7 Å². The Balaban J connectivity index is 1.66. The number of benzene rings is 2. The van der Waals surface area contributed by atoms with Gasteiger partial charge in [0.1, 0.15) is 11.6 Å². The average Bonchev–Trinajstić information content (AvgIpc) is 3.23. The van der Waals surface area contributed by atoms with Gasteiger partial charge in [0.05, 0.1) is 42.7 Å². The third-order valence-electron chi connectivity index (χ3n) is 4.52. The van der Waals surface area contributed by atoms with Crippen LogP contribution in [-0.4, -0.2) is 9.55 Å². The van der Waals surface area contributed by atoms with Crippen LogP contribution in [-0.2, 0) is 19.5 Å². The summed E-state index contributed by atoms with van der Waals surface area (Å²) >= 11 is 0. The molecule has 1 N–H and O–H groups in total. The van der Waals surface area contributed by atoms with Gasteiger partial charge in [0.25, 0.3) is 5.56 Å². The molecule has 6 nitrogen and oxygen atoms in total. The summed E-state index contributed by atoms with van der Waals surface area (Å²) < 4.78 is 7.06. The Morgan fingerprint density at radius 3 is 2.64 bits per heavy atom. The highest BCUT2D eigenvalue weighted by Crippen LogP contribution is 2.14. The Hall–Kier alpha value is -3.85. The fraction of sp³-hybridized carbons (Fsp3) is 0.136. The Morgan fingerprint density at radius 2 is 1.89 bits per heavy atom. The number of nitriles is 1. The number of rotatable bonds is 6. The maximum atomic E-state index is 13.0. The third-order valence-corrected chi connectivity index (χ3v) is 4.52. The van der Waals surface area contributed by atoms with E-state index in [1.807, 2.05) is 48.5 Å². The van der Waals surface area contributed by atoms with Crippen molar-refractivity contribution in [1.29, 1.82) is 5.26 Å². The average molecular weight is 370 g/mol. The van der Waals surface area contributed by atoms with E-state index in [2.05, 4.69) is 11.4 Å². The highest BCUT2D eigenvalue weighted by atomic mass is 16.3. The lowest BCUT2D eigenvalue weighted by molar-refractivity contribution is 0.483. The molecule has 6 heteroatoms. The normalized spacial score (nSPS) is 10.7. The summed E-state index contributed by atoms with van der Waals surface area (Å²) in [6.45, 7) is 0.708. The van der Waals surface area contributed by atoms with Crippen LogP contribution in [0.5, 0.6) is 0 Å². The summed E-state index contributed by atoms with van der Waals surface area (Å²) in [5.74, 6) is 1.32. The van der Waals surface area contributed by atoms with Gasteiger partial charge in [0, 0.05) is 5.69 Å². The fourth-order valence-electron chi connectivity index (χ4n) is 3.08. The lowest BCUT2D eigenvalue weighted by Crippen LogP contribution is -2.27. The van der Waals surface area contributed by atoms with E-state index in [9.17, 15) is 4.79 Å². The van der Waals surface area contributed by atoms with E-state index in [-0.39, 0.29) is 5.56 Å². The summed E-state index contributed by atoms with van der Waals surface area (Å²) in [6, 6.07) is 20.8. The van der Waals surface area contributed by atoms with Crippen molar-refractivity contribution in [3.8, 4) is 6.07 Å². The van der Waals surface area contributed by atoms with Crippen LogP contribution in [0.3, 0.4) is 0 Å². The molecular weight excluding hydrogens is 352 g/mol. The van der Waals surface area contributed by atoms with Crippen molar-refractivity contribution in [3.05, 3.63) is 94.4 Å². The fourth-order valence-corrected chi connectivity index (χ4v) is 3.08. The van der Waals surface area contributed by atoms with Crippen LogP contribution in [0.1, 0.15) is 17.1 Å². The number of hydrogen-bond acceptors (Lipinski definition) is 5. The molecule has 0 amide bonds. The predicted molar refractivity (Wildman–Crippen MR) is 107 cm³/mol. The topological polar surface area (TPSA) is 83.9 Å². The summed E-state index contributed by atoms with van der Waals surface area (Å²) in [5.41, 5.74) is 2.44. The van der Waals surface area contributed by atoms with Gasteiger partial charge in [-0.2, -0.15) is 5.26 Å². The van der Waals surface area contributed by atoms with Crippen LogP contribution in [0, 0.1) is 11.3 Å². The van der Waals surface area contributed by atoms with Gasteiger partial charge in [0.2, 0.25) is 0 Å². The first kappa shape index (κ1) is 17.6. The lowest BCUT2D eigenvalue weighted by Gasteiger charge is -2.14. The largest absolute Gasteiger partial charge is 0.467 e. The first-order valence-corrected chi connectivity index (χ1v) is 8.95. The van der Waals surface area contributed by atoms with E-state index < -0.39 is 0 Å². The van der Waals surface area contributed by atoms with Gasteiger partial charge in [-0.1, -0.05) is 24.3 Å². The maximum Gasteiger partial charge on any atom is 0.261 e. The molecule has 0 aliphatic heterocycles. The van der Waals surface area contributed by atoms with Gasteiger partial charge in [0.15, 0.2) is 0 Å². The molecule has 0 saturated carbocycles. The quantitative estimate of drug-likeness (QED) is 0.559. The molecule has 0 aliphatic carbocycles. The second kappa shape index (κ2) is 7.80. The second-order valence-electron chi connectivity index (χ2n) is 6.40. The first-order valence-electron chi connectivity index (χ1n) is 8.95. The van der Waals surface area contributed by atoms with Crippen LogP contribution in [0.15, 0.2) is 76.1 Å². The Labute approximate surface area is 161 Å². The summed E-state index contributed by atoms with van der Waals surface area (Å²) in [7, 11) is 0. The first-order chi connectivity index (χ1) is 13.7. The van der Waals surface area contributed by atoms with Gasteiger partial charge >= 0.3 is 0 Å². The number of fused-ring (bicyclic) bond motifs is 1. The highest BCUT2D eigenvalue weighted by Gasteiger charge is 2.12. The lowest BCUT2D eigenvalue weighted by atomic mass is 10.1. The molecule has 2 heterocycles. The summed E-state index contributed by atoms with van der Waals surface area (Å²) in [6.07, 6.45) is 1.98. The molecule has 0 aliphatic rings. The molecule has 4 rings (SSSR count). The maximum absolute atomic E-state index is 13.0. The molecule has 0 spiro atoms. The summed E-state index contributed by atoms with van der Waals surface area (Å²) in [4.78, 5) is 17.7. The van der Waals surface area contributed by atoms with Crippen molar-refractivity contribution >= 4 is 16.6 Å². The predicted octanol–water partition coefficient (Wildman–Crippen LogP) is 3.72. The van der Waals surface area contributed by atoms with Gasteiger partial charge in [-0.25, -0.2) is 4.98 Å². The summed E-state index contributed by atoms with van der Waals surface area (Å²) in [5, 5.41) is 12.7. The highest BCUT2D eigenvalue weighted by molar-refractivity contribution is 5.77. The van der Waals surface area contributed by atoms with E-state index in [0.29, 0.717) is 42.0 Å². The number of nitrogens with zero attached hydrogens (tertiary/aromatic N) is 3. The molecule has 0 radical (unpaired) electrons. The van der Waals surface area contributed by atoms with E-state index in [1.54, 1.807) is 23.0 Å². The van der Waals surface area contributed by atoms with Crippen LogP contribution in [0.4, 0.5) is 5.69 Å².